The number of fused-ring (bicyclic) bond motifs is 3. The number of nitrogen functional groups attached to an aromatic ring is 1. The van der Waals surface area contributed by atoms with E-state index < -0.39 is 0 Å². The SMILES string of the molecule is Cc1nc2c(N)nc3ccccc3c2n1CCC(=O)N1CCOCC1. The maximum absolute atomic E-state index is 12.5. The molecule has 0 aliphatic carbocycles. The number of aromatic nitrogens is 3. The highest BCUT2D eigenvalue weighted by Gasteiger charge is 2.19. The summed E-state index contributed by atoms with van der Waals surface area (Å²) in [5.41, 5.74) is 8.60. The standard InChI is InChI=1S/C18H21N5O2/c1-12-20-16-17(13-4-2-3-5-14(13)21-18(16)19)23(12)7-6-15(24)22-8-10-25-11-9-22/h2-5H,6-11H2,1H3,(H2,19,21). The summed E-state index contributed by atoms with van der Waals surface area (Å²) in [4.78, 5) is 23.4. The van der Waals surface area contributed by atoms with Crippen LogP contribution in [0.25, 0.3) is 21.9 Å². The van der Waals surface area contributed by atoms with E-state index in [9.17, 15) is 4.79 Å². The molecule has 1 aromatic carbocycles. The Labute approximate surface area is 145 Å². The van der Waals surface area contributed by atoms with Crippen molar-refractivity contribution in [1.82, 2.24) is 19.4 Å². The fourth-order valence-electron chi connectivity index (χ4n) is 3.42. The summed E-state index contributed by atoms with van der Waals surface area (Å²) >= 11 is 0. The molecule has 25 heavy (non-hydrogen) atoms. The minimum Gasteiger partial charge on any atom is -0.382 e. The molecule has 1 amide bonds. The number of para-hydroxylation sites is 1. The summed E-state index contributed by atoms with van der Waals surface area (Å²) in [5.74, 6) is 1.42. The molecule has 0 atom stereocenters. The number of nitrogens with zero attached hydrogens (tertiary/aromatic N) is 4. The summed E-state index contributed by atoms with van der Waals surface area (Å²) in [6.45, 7) is 5.08. The lowest BCUT2D eigenvalue weighted by Gasteiger charge is -2.27. The molecule has 1 aliphatic heterocycles. The Kier molecular flexibility index (Phi) is 4.01. The van der Waals surface area contributed by atoms with Crippen LogP contribution in [0.1, 0.15) is 12.2 Å². The van der Waals surface area contributed by atoms with Gasteiger partial charge in [-0.15, -0.1) is 0 Å². The highest BCUT2D eigenvalue weighted by Crippen LogP contribution is 2.28. The molecule has 0 spiro atoms. The van der Waals surface area contributed by atoms with Gasteiger partial charge in [-0.05, 0) is 13.0 Å². The van der Waals surface area contributed by atoms with Crippen molar-refractivity contribution >= 4 is 33.7 Å². The Morgan fingerprint density at radius 2 is 2.00 bits per heavy atom. The Morgan fingerprint density at radius 1 is 1.24 bits per heavy atom. The normalized spacial score (nSPS) is 15.2. The Morgan fingerprint density at radius 3 is 2.80 bits per heavy atom. The minimum absolute atomic E-state index is 0.149. The van der Waals surface area contributed by atoms with E-state index in [2.05, 4.69) is 14.5 Å². The van der Waals surface area contributed by atoms with Gasteiger partial charge in [0.1, 0.15) is 11.3 Å². The molecule has 2 aromatic heterocycles. The first-order valence-corrected chi connectivity index (χ1v) is 8.51. The summed E-state index contributed by atoms with van der Waals surface area (Å²) in [6.07, 6.45) is 0.433. The Hall–Kier alpha value is -2.67. The predicted molar refractivity (Wildman–Crippen MR) is 96.2 cm³/mol. The number of carbonyl (C=O) groups excluding carboxylic acids is 1. The van der Waals surface area contributed by atoms with E-state index in [-0.39, 0.29) is 5.91 Å². The van der Waals surface area contributed by atoms with Crippen LogP contribution in [-0.2, 0) is 16.1 Å². The minimum atomic E-state index is 0.149. The number of morpholine rings is 1. The smallest absolute Gasteiger partial charge is 0.224 e. The number of anilines is 1. The Bertz CT molecular complexity index is 943. The second-order valence-corrected chi connectivity index (χ2v) is 6.27. The van der Waals surface area contributed by atoms with Crippen molar-refractivity contribution < 1.29 is 9.53 Å². The molecule has 4 rings (SSSR count). The fourth-order valence-corrected chi connectivity index (χ4v) is 3.42. The fraction of sp³-hybridized carbons (Fsp3) is 0.389. The molecule has 0 bridgehead atoms. The van der Waals surface area contributed by atoms with Crippen molar-refractivity contribution in [2.24, 2.45) is 0 Å². The molecule has 3 heterocycles. The van der Waals surface area contributed by atoms with Crippen LogP contribution in [0, 0.1) is 6.92 Å². The number of imidazole rings is 1. The third kappa shape index (κ3) is 2.80. The summed E-state index contributed by atoms with van der Waals surface area (Å²) in [6, 6.07) is 7.88. The molecule has 0 unspecified atom stereocenters. The lowest BCUT2D eigenvalue weighted by atomic mass is 10.2. The highest BCUT2D eigenvalue weighted by molar-refractivity contribution is 6.06. The number of hydrogen-bond donors (Lipinski definition) is 1. The third-order valence-corrected chi connectivity index (χ3v) is 4.71. The lowest BCUT2D eigenvalue weighted by molar-refractivity contribution is -0.135. The maximum atomic E-state index is 12.5. The average molecular weight is 339 g/mol. The van der Waals surface area contributed by atoms with Gasteiger partial charge in [0.25, 0.3) is 0 Å². The van der Waals surface area contributed by atoms with Gasteiger partial charge < -0.3 is 19.9 Å². The van der Waals surface area contributed by atoms with Gasteiger partial charge in [-0.25, -0.2) is 9.97 Å². The van der Waals surface area contributed by atoms with E-state index in [1.54, 1.807) is 0 Å². The van der Waals surface area contributed by atoms with E-state index in [0.717, 1.165) is 22.2 Å². The molecule has 130 valence electrons. The molecule has 7 nitrogen and oxygen atoms in total. The lowest BCUT2D eigenvalue weighted by Crippen LogP contribution is -2.41. The molecule has 7 heteroatoms. The van der Waals surface area contributed by atoms with Crippen molar-refractivity contribution in [3.8, 4) is 0 Å². The van der Waals surface area contributed by atoms with E-state index in [1.807, 2.05) is 36.1 Å². The van der Waals surface area contributed by atoms with Crippen molar-refractivity contribution in [3.05, 3.63) is 30.1 Å². The zero-order valence-electron chi connectivity index (χ0n) is 14.2. The summed E-state index contributed by atoms with van der Waals surface area (Å²) in [7, 11) is 0. The first kappa shape index (κ1) is 15.8. The number of nitrogens with two attached hydrogens (primary N) is 1. The molecular formula is C18H21N5O2. The quantitative estimate of drug-likeness (QED) is 0.785. The van der Waals surface area contributed by atoms with Crippen LogP contribution in [0.4, 0.5) is 5.82 Å². The number of amides is 1. The van der Waals surface area contributed by atoms with Crippen LogP contribution in [0.15, 0.2) is 24.3 Å². The highest BCUT2D eigenvalue weighted by atomic mass is 16.5. The number of ether oxygens (including phenoxy) is 1. The molecule has 1 aliphatic rings. The van der Waals surface area contributed by atoms with Crippen LogP contribution in [0.2, 0.25) is 0 Å². The predicted octanol–water partition coefficient (Wildman–Crippen LogP) is 1.72. The van der Waals surface area contributed by atoms with Gasteiger partial charge in [-0.1, -0.05) is 18.2 Å². The summed E-state index contributed by atoms with van der Waals surface area (Å²) < 4.78 is 7.39. The van der Waals surface area contributed by atoms with Crippen molar-refractivity contribution in [1.29, 1.82) is 0 Å². The number of pyridine rings is 1. The van der Waals surface area contributed by atoms with Crippen molar-refractivity contribution in [3.63, 3.8) is 0 Å². The van der Waals surface area contributed by atoms with Gasteiger partial charge in [0.05, 0.1) is 24.2 Å². The number of hydrogen-bond acceptors (Lipinski definition) is 5. The van der Waals surface area contributed by atoms with E-state index in [1.165, 1.54) is 0 Å². The third-order valence-electron chi connectivity index (χ3n) is 4.71. The number of rotatable bonds is 3. The van der Waals surface area contributed by atoms with Crippen molar-refractivity contribution in [2.45, 2.75) is 19.9 Å². The number of aryl methyl sites for hydroxylation is 2. The zero-order valence-corrected chi connectivity index (χ0v) is 14.2. The number of benzene rings is 1. The van der Waals surface area contributed by atoms with Gasteiger partial charge >= 0.3 is 0 Å². The molecule has 2 N–H and O–H groups in total. The first-order chi connectivity index (χ1) is 12.1. The van der Waals surface area contributed by atoms with Gasteiger partial charge in [0.2, 0.25) is 5.91 Å². The molecule has 0 saturated carbocycles. The van der Waals surface area contributed by atoms with Crippen LogP contribution >= 0.6 is 0 Å². The number of carbonyl (C=O) groups is 1. The van der Waals surface area contributed by atoms with Gasteiger partial charge in [-0.3, -0.25) is 4.79 Å². The maximum Gasteiger partial charge on any atom is 0.224 e. The molecular weight excluding hydrogens is 318 g/mol. The van der Waals surface area contributed by atoms with Crippen LogP contribution in [0.5, 0.6) is 0 Å². The summed E-state index contributed by atoms with van der Waals surface area (Å²) in [5, 5.41) is 1.01. The van der Waals surface area contributed by atoms with E-state index in [0.29, 0.717) is 50.6 Å². The molecule has 1 saturated heterocycles. The largest absolute Gasteiger partial charge is 0.382 e. The molecule has 1 fully saturated rings. The topological polar surface area (TPSA) is 86.3 Å². The van der Waals surface area contributed by atoms with Gasteiger partial charge in [0, 0.05) is 31.4 Å². The van der Waals surface area contributed by atoms with E-state index >= 15 is 0 Å². The average Bonchev–Trinajstić information content (AvgIpc) is 2.98. The first-order valence-electron chi connectivity index (χ1n) is 8.51. The van der Waals surface area contributed by atoms with Gasteiger partial charge in [-0.2, -0.15) is 0 Å². The van der Waals surface area contributed by atoms with Gasteiger partial charge in [0.15, 0.2) is 5.82 Å². The van der Waals surface area contributed by atoms with Crippen molar-refractivity contribution in [2.75, 3.05) is 32.0 Å². The van der Waals surface area contributed by atoms with Crippen LogP contribution in [-0.4, -0.2) is 51.6 Å². The zero-order chi connectivity index (χ0) is 17.4. The van der Waals surface area contributed by atoms with E-state index in [4.69, 9.17) is 10.5 Å². The van der Waals surface area contributed by atoms with Crippen LogP contribution < -0.4 is 5.73 Å². The Balaban J connectivity index is 1.69. The monoisotopic (exact) mass is 339 g/mol. The molecule has 0 radical (unpaired) electrons. The second kappa shape index (κ2) is 6.33. The van der Waals surface area contributed by atoms with Crippen LogP contribution in [0.3, 0.4) is 0 Å². The second-order valence-electron chi connectivity index (χ2n) is 6.27. The molecule has 3 aromatic rings.